The number of rotatable bonds is 9. The molecule has 0 radical (unpaired) electrons. The third-order valence-electron chi connectivity index (χ3n) is 2.82. The monoisotopic (exact) mass is 273 g/mol. The Morgan fingerprint density at radius 1 is 1.39 bits per heavy atom. The van der Waals surface area contributed by atoms with Gasteiger partial charge < -0.3 is 11.1 Å². The molecule has 0 aromatic heterocycles. The van der Waals surface area contributed by atoms with Crippen LogP contribution in [0.1, 0.15) is 40.5 Å². The van der Waals surface area contributed by atoms with Crippen molar-refractivity contribution in [1.82, 2.24) is 10.2 Å². The smallest absolute Gasteiger partial charge is 0.237 e. The summed E-state index contributed by atoms with van der Waals surface area (Å²) in [5.74, 6) is 0.657. The minimum Gasteiger partial charge on any atom is -0.392 e. The summed E-state index contributed by atoms with van der Waals surface area (Å²) in [7, 11) is 0. The second-order valence-electron chi connectivity index (χ2n) is 5.09. The maximum Gasteiger partial charge on any atom is 0.237 e. The van der Waals surface area contributed by atoms with E-state index in [0.29, 0.717) is 17.5 Å². The van der Waals surface area contributed by atoms with Crippen LogP contribution in [-0.4, -0.2) is 41.5 Å². The van der Waals surface area contributed by atoms with Crippen molar-refractivity contribution in [2.24, 2.45) is 11.7 Å². The predicted octanol–water partition coefficient (Wildman–Crippen LogP) is 1.54. The van der Waals surface area contributed by atoms with Crippen LogP contribution < -0.4 is 11.1 Å². The zero-order valence-corrected chi connectivity index (χ0v) is 12.8. The largest absolute Gasteiger partial charge is 0.392 e. The average Bonchev–Trinajstić information content (AvgIpc) is 2.26. The molecule has 0 aromatic carbocycles. The molecule has 0 aliphatic carbocycles. The topological polar surface area (TPSA) is 58.4 Å². The predicted molar refractivity (Wildman–Crippen MR) is 80.6 cm³/mol. The molecule has 1 atom stereocenters. The van der Waals surface area contributed by atoms with Crippen molar-refractivity contribution in [2.45, 2.75) is 46.6 Å². The lowest BCUT2D eigenvalue weighted by Crippen LogP contribution is -2.48. The summed E-state index contributed by atoms with van der Waals surface area (Å²) in [5, 5.41) is 2.96. The third kappa shape index (κ3) is 7.61. The van der Waals surface area contributed by atoms with E-state index in [1.54, 1.807) is 0 Å². The van der Waals surface area contributed by atoms with Crippen molar-refractivity contribution in [2.75, 3.05) is 19.6 Å². The van der Waals surface area contributed by atoms with Crippen LogP contribution in [0.15, 0.2) is 0 Å². The fourth-order valence-corrected chi connectivity index (χ4v) is 1.86. The molecule has 0 aliphatic heterocycles. The van der Waals surface area contributed by atoms with E-state index in [1.807, 2.05) is 11.8 Å². The second-order valence-corrected chi connectivity index (χ2v) is 5.61. The molecule has 1 amide bonds. The normalized spacial score (nSPS) is 12.8. The van der Waals surface area contributed by atoms with Crippen molar-refractivity contribution in [3.8, 4) is 0 Å². The van der Waals surface area contributed by atoms with E-state index in [4.69, 9.17) is 18.0 Å². The zero-order chi connectivity index (χ0) is 14.1. The maximum absolute atomic E-state index is 12.0. The first kappa shape index (κ1) is 17.3. The van der Waals surface area contributed by atoms with Gasteiger partial charge in [-0.05, 0) is 32.2 Å². The SMILES string of the molecule is CCCN(CC(N)=S)C(C)C(=O)NCCC(C)C. The number of carbonyl (C=O) groups excluding carboxylic acids is 1. The summed E-state index contributed by atoms with van der Waals surface area (Å²) >= 11 is 4.92. The van der Waals surface area contributed by atoms with Crippen LogP contribution in [0.25, 0.3) is 0 Å². The van der Waals surface area contributed by atoms with Crippen LogP contribution in [0.5, 0.6) is 0 Å². The summed E-state index contributed by atoms with van der Waals surface area (Å²) in [4.78, 5) is 14.4. The van der Waals surface area contributed by atoms with Crippen LogP contribution in [0, 0.1) is 5.92 Å². The molecule has 0 spiro atoms. The summed E-state index contributed by atoms with van der Waals surface area (Å²) in [6, 6.07) is -0.182. The van der Waals surface area contributed by atoms with Crippen LogP contribution in [0.3, 0.4) is 0 Å². The van der Waals surface area contributed by atoms with E-state index in [-0.39, 0.29) is 11.9 Å². The van der Waals surface area contributed by atoms with Gasteiger partial charge in [-0.15, -0.1) is 0 Å². The molecule has 0 saturated carbocycles. The van der Waals surface area contributed by atoms with E-state index in [1.165, 1.54) is 0 Å². The number of nitrogens with zero attached hydrogens (tertiary/aromatic N) is 1. The average molecular weight is 273 g/mol. The van der Waals surface area contributed by atoms with Gasteiger partial charge in [0.2, 0.25) is 5.91 Å². The number of nitrogens with two attached hydrogens (primary N) is 1. The molecule has 1 unspecified atom stereocenters. The Morgan fingerprint density at radius 2 is 2.00 bits per heavy atom. The van der Waals surface area contributed by atoms with Crippen molar-refractivity contribution < 1.29 is 4.79 Å². The minimum absolute atomic E-state index is 0.0559. The lowest BCUT2D eigenvalue weighted by Gasteiger charge is -2.27. The molecule has 0 aliphatic rings. The Bertz CT molecular complexity index is 269. The van der Waals surface area contributed by atoms with Crippen LogP contribution in [0.4, 0.5) is 0 Å². The summed E-state index contributed by atoms with van der Waals surface area (Å²) in [5.41, 5.74) is 5.56. The highest BCUT2D eigenvalue weighted by Crippen LogP contribution is 2.02. The number of hydrogen-bond donors (Lipinski definition) is 2. The highest BCUT2D eigenvalue weighted by Gasteiger charge is 2.20. The maximum atomic E-state index is 12.0. The van der Waals surface area contributed by atoms with Gasteiger partial charge in [-0.25, -0.2) is 0 Å². The van der Waals surface area contributed by atoms with Gasteiger partial charge in [-0.3, -0.25) is 9.69 Å². The Hall–Kier alpha value is -0.680. The highest BCUT2D eigenvalue weighted by molar-refractivity contribution is 7.80. The molecule has 0 heterocycles. The standard InChI is InChI=1S/C13H27N3OS/c1-5-8-16(9-12(14)18)11(4)13(17)15-7-6-10(2)3/h10-11H,5-9H2,1-4H3,(H2,14,18)(H,15,17). The van der Waals surface area contributed by atoms with Crippen molar-refractivity contribution in [1.29, 1.82) is 0 Å². The van der Waals surface area contributed by atoms with Crippen LogP contribution >= 0.6 is 12.2 Å². The van der Waals surface area contributed by atoms with Crippen LogP contribution in [0.2, 0.25) is 0 Å². The molecule has 4 nitrogen and oxygen atoms in total. The van der Waals surface area contributed by atoms with E-state index in [9.17, 15) is 4.79 Å². The molecule has 5 heteroatoms. The lowest BCUT2D eigenvalue weighted by molar-refractivity contribution is -0.125. The Balaban J connectivity index is 4.23. The second kappa shape index (κ2) is 9.28. The van der Waals surface area contributed by atoms with Crippen molar-refractivity contribution in [3.63, 3.8) is 0 Å². The molecule has 18 heavy (non-hydrogen) atoms. The quantitative estimate of drug-likeness (QED) is 0.626. The van der Waals surface area contributed by atoms with Gasteiger partial charge in [0, 0.05) is 13.1 Å². The zero-order valence-electron chi connectivity index (χ0n) is 12.0. The molecular formula is C13H27N3OS. The molecule has 0 fully saturated rings. The highest BCUT2D eigenvalue weighted by atomic mass is 32.1. The molecular weight excluding hydrogens is 246 g/mol. The summed E-state index contributed by atoms with van der Waals surface area (Å²) < 4.78 is 0. The fraction of sp³-hybridized carbons (Fsp3) is 0.846. The van der Waals surface area contributed by atoms with Gasteiger partial charge >= 0.3 is 0 Å². The number of hydrogen-bond acceptors (Lipinski definition) is 3. The van der Waals surface area contributed by atoms with Gasteiger partial charge in [0.25, 0.3) is 0 Å². The van der Waals surface area contributed by atoms with Gasteiger partial charge in [-0.1, -0.05) is 33.0 Å². The van der Waals surface area contributed by atoms with Gasteiger partial charge in [0.05, 0.1) is 11.0 Å². The molecule has 0 rings (SSSR count). The number of thiocarbonyl (C=S) groups is 1. The van der Waals surface area contributed by atoms with Crippen molar-refractivity contribution in [3.05, 3.63) is 0 Å². The lowest BCUT2D eigenvalue weighted by atomic mass is 10.1. The number of carbonyl (C=O) groups is 1. The number of amides is 1. The fourth-order valence-electron chi connectivity index (χ4n) is 1.69. The molecule has 0 bridgehead atoms. The van der Waals surface area contributed by atoms with E-state index >= 15 is 0 Å². The minimum atomic E-state index is -0.182. The Labute approximate surface area is 116 Å². The van der Waals surface area contributed by atoms with Crippen LogP contribution in [-0.2, 0) is 4.79 Å². The number of nitrogens with one attached hydrogen (secondary N) is 1. The first-order valence-corrected chi connectivity index (χ1v) is 7.09. The summed E-state index contributed by atoms with van der Waals surface area (Å²) in [6.45, 7) is 10.3. The van der Waals surface area contributed by atoms with E-state index in [2.05, 4.69) is 26.1 Å². The molecule has 0 saturated heterocycles. The molecule has 3 N–H and O–H groups in total. The summed E-state index contributed by atoms with van der Waals surface area (Å²) in [6.07, 6.45) is 1.98. The van der Waals surface area contributed by atoms with Gasteiger partial charge in [-0.2, -0.15) is 0 Å². The first-order chi connectivity index (χ1) is 8.38. The van der Waals surface area contributed by atoms with Gasteiger partial charge in [0.1, 0.15) is 0 Å². The first-order valence-electron chi connectivity index (χ1n) is 6.68. The molecule has 0 aromatic rings. The van der Waals surface area contributed by atoms with Crippen molar-refractivity contribution >= 4 is 23.1 Å². The van der Waals surface area contributed by atoms with E-state index in [0.717, 1.165) is 25.9 Å². The van der Waals surface area contributed by atoms with Gasteiger partial charge in [0.15, 0.2) is 0 Å². The third-order valence-corrected chi connectivity index (χ3v) is 2.95. The van der Waals surface area contributed by atoms with E-state index < -0.39 is 0 Å². The molecule has 106 valence electrons. The Morgan fingerprint density at radius 3 is 2.44 bits per heavy atom. The Kier molecular flexibility index (Phi) is 8.93.